The molecule has 0 radical (unpaired) electrons. The summed E-state index contributed by atoms with van der Waals surface area (Å²) in [6.45, 7) is 10.7. The highest BCUT2D eigenvalue weighted by Gasteiger charge is 2.38. The highest BCUT2D eigenvalue weighted by molar-refractivity contribution is 5.27. The molecule has 2 nitrogen and oxygen atoms in total. The van der Waals surface area contributed by atoms with Crippen LogP contribution in [0.5, 0.6) is 0 Å². The molecule has 0 spiro atoms. The first-order valence-electron chi connectivity index (χ1n) is 5.92. The molecular formula is C14H23FN2. The molecule has 0 aliphatic rings. The molecule has 1 atom stereocenters. The van der Waals surface area contributed by atoms with Crippen molar-refractivity contribution in [1.29, 1.82) is 0 Å². The molecule has 0 saturated heterocycles. The minimum absolute atomic E-state index is 0.0205. The molecular weight excluding hydrogens is 215 g/mol. The van der Waals surface area contributed by atoms with Crippen LogP contribution in [0.25, 0.3) is 0 Å². The average molecular weight is 238 g/mol. The van der Waals surface area contributed by atoms with Gasteiger partial charge in [0.1, 0.15) is 5.82 Å². The van der Waals surface area contributed by atoms with E-state index in [4.69, 9.17) is 5.84 Å². The van der Waals surface area contributed by atoms with Gasteiger partial charge in [0.2, 0.25) is 0 Å². The van der Waals surface area contributed by atoms with Crippen LogP contribution >= 0.6 is 0 Å². The van der Waals surface area contributed by atoms with Crippen LogP contribution < -0.4 is 11.3 Å². The van der Waals surface area contributed by atoms with Gasteiger partial charge < -0.3 is 0 Å². The molecule has 0 saturated carbocycles. The van der Waals surface area contributed by atoms with Crippen LogP contribution in [0.3, 0.4) is 0 Å². The molecule has 1 unspecified atom stereocenters. The average Bonchev–Trinajstić information content (AvgIpc) is 2.16. The Balaban J connectivity index is 3.12. The lowest BCUT2D eigenvalue weighted by atomic mass is 9.68. The zero-order valence-corrected chi connectivity index (χ0v) is 11.3. The molecule has 3 N–H and O–H groups in total. The summed E-state index contributed by atoms with van der Waals surface area (Å²) in [6, 6.07) is 6.73. The Labute approximate surface area is 103 Å². The summed E-state index contributed by atoms with van der Waals surface area (Å²) < 4.78 is 13.0. The topological polar surface area (TPSA) is 38.0 Å². The van der Waals surface area contributed by atoms with E-state index in [0.29, 0.717) is 0 Å². The van der Waals surface area contributed by atoms with E-state index in [9.17, 15) is 4.39 Å². The van der Waals surface area contributed by atoms with Gasteiger partial charge in [0, 0.05) is 11.5 Å². The van der Waals surface area contributed by atoms with Crippen LogP contribution in [0, 0.1) is 11.2 Å². The molecule has 96 valence electrons. The molecule has 0 amide bonds. The zero-order valence-electron chi connectivity index (χ0n) is 11.3. The fourth-order valence-corrected chi connectivity index (χ4v) is 2.59. The van der Waals surface area contributed by atoms with Gasteiger partial charge in [0.15, 0.2) is 0 Å². The van der Waals surface area contributed by atoms with Crippen LogP contribution in [0.15, 0.2) is 24.3 Å². The fraction of sp³-hybridized carbons (Fsp3) is 0.571. The van der Waals surface area contributed by atoms with Crippen LogP contribution in [-0.4, -0.2) is 6.04 Å². The van der Waals surface area contributed by atoms with Crippen molar-refractivity contribution in [3.63, 3.8) is 0 Å². The Morgan fingerprint density at radius 3 is 1.88 bits per heavy atom. The van der Waals surface area contributed by atoms with Gasteiger partial charge in [-0.2, -0.15) is 0 Å². The minimum atomic E-state index is -0.211. The van der Waals surface area contributed by atoms with Crippen LogP contribution in [-0.2, 0) is 5.41 Å². The SMILES string of the molecule is CC(C)(C)C(NN)C(C)(C)c1ccc(F)cc1. The first-order chi connectivity index (χ1) is 7.69. The second-order valence-electron chi connectivity index (χ2n) is 6.19. The molecule has 0 heterocycles. The number of hydrogen-bond acceptors (Lipinski definition) is 2. The lowest BCUT2D eigenvalue weighted by molar-refractivity contribution is 0.183. The van der Waals surface area contributed by atoms with Gasteiger partial charge in [-0.15, -0.1) is 0 Å². The van der Waals surface area contributed by atoms with E-state index >= 15 is 0 Å². The normalized spacial score (nSPS) is 14.8. The summed E-state index contributed by atoms with van der Waals surface area (Å²) in [7, 11) is 0. The maximum atomic E-state index is 13.0. The highest BCUT2D eigenvalue weighted by Crippen LogP contribution is 2.36. The van der Waals surface area contributed by atoms with E-state index < -0.39 is 0 Å². The summed E-state index contributed by atoms with van der Waals surface area (Å²) in [5.41, 5.74) is 3.84. The van der Waals surface area contributed by atoms with Gasteiger partial charge in [0.25, 0.3) is 0 Å². The standard InChI is InChI=1S/C14H23FN2/c1-13(2,3)12(17-16)14(4,5)10-6-8-11(15)9-7-10/h6-9,12,17H,16H2,1-5H3. The molecule has 0 aliphatic carbocycles. The van der Waals surface area contributed by atoms with E-state index in [1.165, 1.54) is 12.1 Å². The number of hydrogen-bond donors (Lipinski definition) is 2. The molecule has 0 aromatic heterocycles. The van der Waals surface area contributed by atoms with Crippen molar-refractivity contribution in [2.75, 3.05) is 0 Å². The minimum Gasteiger partial charge on any atom is -0.271 e. The van der Waals surface area contributed by atoms with Crippen molar-refractivity contribution >= 4 is 0 Å². The van der Waals surface area contributed by atoms with Gasteiger partial charge in [-0.3, -0.25) is 11.3 Å². The van der Waals surface area contributed by atoms with Crippen molar-refractivity contribution in [3.05, 3.63) is 35.6 Å². The molecule has 0 bridgehead atoms. The smallest absolute Gasteiger partial charge is 0.123 e. The Hall–Kier alpha value is -0.930. The third-order valence-electron chi connectivity index (χ3n) is 3.34. The number of hydrazine groups is 1. The summed E-state index contributed by atoms with van der Waals surface area (Å²) in [5.74, 6) is 5.48. The van der Waals surface area contributed by atoms with E-state index in [1.807, 2.05) is 12.1 Å². The predicted molar refractivity (Wildman–Crippen MR) is 70.0 cm³/mol. The molecule has 1 aromatic carbocycles. The van der Waals surface area contributed by atoms with E-state index in [0.717, 1.165) is 5.56 Å². The number of nitrogens with one attached hydrogen (secondary N) is 1. The maximum absolute atomic E-state index is 13.0. The Kier molecular flexibility index (Phi) is 3.95. The van der Waals surface area contributed by atoms with Gasteiger partial charge in [-0.25, -0.2) is 4.39 Å². The number of nitrogens with two attached hydrogens (primary N) is 1. The third kappa shape index (κ3) is 3.05. The molecule has 0 aliphatic heterocycles. The lowest BCUT2D eigenvalue weighted by Crippen LogP contribution is -2.55. The van der Waals surface area contributed by atoms with Gasteiger partial charge in [-0.1, -0.05) is 46.8 Å². The number of halogens is 1. The summed E-state index contributed by atoms with van der Waals surface area (Å²) in [6.07, 6.45) is 0. The van der Waals surface area contributed by atoms with Crippen molar-refractivity contribution in [2.45, 2.75) is 46.1 Å². The van der Waals surface area contributed by atoms with Crippen LogP contribution in [0.2, 0.25) is 0 Å². The molecule has 1 rings (SSSR count). The van der Waals surface area contributed by atoms with Gasteiger partial charge in [0.05, 0.1) is 0 Å². The molecule has 0 fully saturated rings. The Morgan fingerprint density at radius 1 is 1.06 bits per heavy atom. The third-order valence-corrected chi connectivity index (χ3v) is 3.34. The lowest BCUT2D eigenvalue weighted by Gasteiger charge is -2.42. The van der Waals surface area contributed by atoms with E-state index in [-0.39, 0.29) is 22.7 Å². The predicted octanol–water partition coefficient (Wildman–Crippen LogP) is 2.98. The summed E-state index contributed by atoms with van der Waals surface area (Å²) in [4.78, 5) is 0. The van der Waals surface area contributed by atoms with Crippen LogP contribution in [0.4, 0.5) is 4.39 Å². The van der Waals surface area contributed by atoms with E-state index in [2.05, 4.69) is 40.0 Å². The van der Waals surface area contributed by atoms with Crippen molar-refractivity contribution in [2.24, 2.45) is 11.3 Å². The number of benzene rings is 1. The first kappa shape index (κ1) is 14.1. The van der Waals surface area contributed by atoms with Crippen LogP contribution in [0.1, 0.15) is 40.2 Å². The fourth-order valence-electron chi connectivity index (χ4n) is 2.59. The van der Waals surface area contributed by atoms with Gasteiger partial charge in [-0.05, 0) is 23.1 Å². The summed E-state index contributed by atoms with van der Waals surface area (Å²) >= 11 is 0. The van der Waals surface area contributed by atoms with E-state index in [1.54, 1.807) is 0 Å². The summed E-state index contributed by atoms with van der Waals surface area (Å²) in [5, 5.41) is 0. The Bertz CT molecular complexity index is 363. The number of rotatable bonds is 3. The highest BCUT2D eigenvalue weighted by atomic mass is 19.1. The quantitative estimate of drug-likeness (QED) is 0.627. The first-order valence-corrected chi connectivity index (χ1v) is 5.92. The maximum Gasteiger partial charge on any atom is 0.123 e. The van der Waals surface area contributed by atoms with Crippen molar-refractivity contribution in [1.82, 2.24) is 5.43 Å². The van der Waals surface area contributed by atoms with Gasteiger partial charge >= 0.3 is 0 Å². The molecule has 17 heavy (non-hydrogen) atoms. The zero-order chi connectivity index (χ0) is 13.3. The van der Waals surface area contributed by atoms with Crippen molar-refractivity contribution < 1.29 is 4.39 Å². The monoisotopic (exact) mass is 238 g/mol. The largest absolute Gasteiger partial charge is 0.271 e. The second-order valence-corrected chi connectivity index (χ2v) is 6.19. The second kappa shape index (κ2) is 4.75. The molecule has 3 heteroatoms. The Morgan fingerprint density at radius 2 is 1.53 bits per heavy atom. The molecule has 1 aromatic rings. The van der Waals surface area contributed by atoms with Crippen molar-refractivity contribution in [3.8, 4) is 0 Å².